The Kier molecular flexibility index (Phi) is 1.89. The second-order valence-electron chi connectivity index (χ2n) is 2.79. The van der Waals surface area contributed by atoms with Crippen LogP contribution in [0.1, 0.15) is 15.9 Å². The number of fused-ring (bicyclic) bond motifs is 1. The predicted octanol–water partition coefficient (Wildman–Crippen LogP) is 0.741. The molecule has 0 aromatic heterocycles. The van der Waals surface area contributed by atoms with Crippen molar-refractivity contribution in [3.05, 3.63) is 29.3 Å². The van der Waals surface area contributed by atoms with Gasteiger partial charge < -0.3 is 0 Å². The number of benzene rings is 1. The molecular formula is C9H7BO3. The Morgan fingerprint density at radius 1 is 1.54 bits per heavy atom. The molecule has 0 fully saturated rings. The Labute approximate surface area is 75.9 Å². The number of hydrogen-bond donors (Lipinski definition) is 1. The number of hydrogen-bond acceptors (Lipinski definition) is 2. The molecule has 3 nitrogen and oxygen atoms in total. The van der Waals surface area contributed by atoms with Crippen molar-refractivity contribution < 1.29 is 14.6 Å². The van der Waals surface area contributed by atoms with Gasteiger partial charge in [-0.2, -0.15) is 0 Å². The summed E-state index contributed by atoms with van der Waals surface area (Å²) in [6.45, 7) is 0. The summed E-state index contributed by atoms with van der Waals surface area (Å²) in [7, 11) is 1.52. The average Bonchev–Trinajstić information content (AvgIpc) is 2.17. The van der Waals surface area contributed by atoms with E-state index in [4.69, 9.17) is 9.76 Å². The Bertz CT molecular complexity index is 384. The molecule has 0 saturated carbocycles. The third kappa shape index (κ3) is 1.35. The average molecular weight is 174 g/mol. The standard InChI is InChI=1S/C9H7BO3/c11-9(12)7-3-1-2-6-4-5-10-13-8(6)7/h1-3,5H,4H2,(H,11,12). The fourth-order valence-electron chi connectivity index (χ4n) is 1.34. The fourth-order valence-corrected chi connectivity index (χ4v) is 1.34. The van der Waals surface area contributed by atoms with E-state index in [0.717, 1.165) is 12.0 Å². The van der Waals surface area contributed by atoms with Gasteiger partial charge in [-0.3, -0.25) is 0 Å². The van der Waals surface area contributed by atoms with Crippen molar-refractivity contribution >= 4 is 19.1 Å². The first-order valence-electron chi connectivity index (χ1n) is 3.96. The molecule has 0 unspecified atom stereocenters. The maximum atomic E-state index is 10.8. The van der Waals surface area contributed by atoms with Gasteiger partial charge in [-0.15, -0.1) is 0 Å². The molecule has 64 valence electrons. The first-order valence-corrected chi connectivity index (χ1v) is 3.96. The van der Waals surface area contributed by atoms with Crippen LogP contribution >= 0.6 is 0 Å². The molecule has 0 atom stereocenters. The van der Waals surface area contributed by atoms with Gasteiger partial charge in [0, 0.05) is 0 Å². The molecule has 0 bridgehead atoms. The molecule has 0 saturated heterocycles. The zero-order chi connectivity index (χ0) is 9.26. The Morgan fingerprint density at radius 2 is 2.38 bits per heavy atom. The molecule has 1 N–H and O–H groups in total. The summed E-state index contributed by atoms with van der Waals surface area (Å²) in [5.41, 5.74) is 1.14. The van der Waals surface area contributed by atoms with E-state index in [1.54, 1.807) is 12.1 Å². The van der Waals surface area contributed by atoms with E-state index < -0.39 is 5.97 Å². The van der Waals surface area contributed by atoms with Crippen LogP contribution < -0.4 is 4.65 Å². The minimum atomic E-state index is -0.952. The van der Waals surface area contributed by atoms with Crippen LogP contribution in [-0.2, 0) is 6.42 Å². The van der Waals surface area contributed by atoms with Crippen molar-refractivity contribution in [3.8, 4) is 5.75 Å². The van der Waals surface area contributed by atoms with Gasteiger partial charge in [0.2, 0.25) is 0 Å². The van der Waals surface area contributed by atoms with Crippen molar-refractivity contribution in [2.45, 2.75) is 6.42 Å². The Morgan fingerprint density at radius 3 is 3.15 bits per heavy atom. The van der Waals surface area contributed by atoms with Crippen LogP contribution in [-0.4, -0.2) is 24.2 Å². The summed E-state index contributed by atoms with van der Waals surface area (Å²) in [5, 5.41) is 8.84. The monoisotopic (exact) mass is 174 g/mol. The molecule has 13 heavy (non-hydrogen) atoms. The first kappa shape index (κ1) is 8.04. The molecule has 1 aliphatic rings. The first-order chi connectivity index (χ1) is 6.29. The summed E-state index contributed by atoms with van der Waals surface area (Å²) >= 11 is 0. The van der Waals surface area contributed by atoms with E-state index in [1.807, 2.05) is 12.0 Å². The van der Waals surface area contributed by atoms with Crippen LogP contribution in [0.2, 0.25) is 0 Å². The fraction of sp³-hybridized carbons (Fsp3) is 0.111. The van der Waals surface area contributed by atoms with Gasteiger partial charge in [-0.05, 0) is 0 Å². The second kappa shape index (κ2) is 3.05. The van der Waals surface area contributed by atoms with Gasteiger partial charge in [0.1, 0.15) is 0 Å². The quantitative estimate of drug-likeness (QED) is 0.638. The molecule has 1 heterocycles. The van der Waals surface area contributed by atoms with Gasteiger partial charge in [0.15, 0.2) is 0 Å². The molecule has 1 aromatic rings. The number of carbonyl (C=O) groups is 1. The maximum absolute atomic E-state index is 10.8. The normalized spacial score (nSPS) is 12.6. The van der Waals surface area contributed by atoms with Crippen molar-refractivity contribution in [1.29, 1.82) is 0 Å². The number of para-hydroxylation sites is 1. The summed E-state index contributed by atoms with van der Waals surface area (Å²) < 4.78 is 5.15. The Hall–Kier alpha value is -1.58. The van der Waals surface area contributed by atoms with Crippen LogP contribution in [0.5, 0.6) is 5.75 Å². The molecule has 2 rings (SSSR count). The third-order valence-electron chi connectivity index (χ3n) is 1.95. The van der Waals surface area contributed by atoms with Crippen molar-refractivity contribution in [2.24, 2.45) is 0 Å². The number of rotatable bonds is 1. The third-order valence-corrected chi connectivity index (χ3v) is 1.95. The van der Waals surface area contributed by atoms with Crippen molar-refractivity contribution in [3.63, 3.8) is 0 Å². The molecular weight excluding hydrogens is 167 g/mol. The molecule has 1 aliphatic heterocycles. The zero-order valence-corrected chi connectivity index (χ0v) is 6.86. The number of carboxylic acid groups (broad SMARTS) is 1. The summed E-state index contributed by atoms with van der Waals surface area (Å²) in [6.07, 6.45) is 0.733. The minimum absolute atomic E-state index is 0.224. The van der Waals surface area contributed by atoms with E-state index in [1.165, 1.54) is 7.12 Å². The SMILES string of the molecule is O=C(O)c1cccc2c1OB=CC2. The van der Waals surface area contributed by atoms with E-state index in [9.17, 15) is 4.79 Å². The molecule has 0 spiro atoms. The summed E-state index contributed by atoms with van der Waals surface area (Å²) in [6, 6.07) is 5.14. The summed E-state index contributed by atoms with van der Waals surface area (Å²) in [5.74, 6) is 1.37. The zero-order valence-electron chi connectivity index (χ0n) is 6.86. The van der Waals surface area contributed by atoms with Gasteiger partial charge in [-0.25, -0.2) is 0 Å². The summed E-state index contributed by atoms with van der Waals surface area (Å²) in [4.78, 5) is 10.8. The number of aromatic carboxylic acids is 1. The van der Waals surface area contributed by atoms with E-state index in [-0.39, 0.29) is 5.56 Å². The van der Waals surface area contributed by atoms with Crippen molar-refractivity contribution in [2.75, 3.05) is 0 Å². The second-order valence-corrected chi connectivity index (χ2v) is 2.79. The molecule has 0 aliphatic carbocycles. The van der Waals surface area contributed by atoms with E-state index in [2.05, 4.69) is 0 Å². The van der Waals surface area contributed by atoms with Crippen LogP contribution in [0.4, 0.5) is 0 Å². The van der Waals surface area contributed by atoms with Gasteiger partial charge in [0.25, 0.3) is 0 Å². The van der Waals surface area contributed by atoms with Crippen molar-refractivity contribution in [1.82, 2.24) is 0 Å². The van der Waals surface area contributed by atoms with Crippen LogP contribution in [0.3, 0.4) is 0 Å². The van der Waals surface area contributed by atoms with Gasteiger partial charge in [-0.1, -0.05) is 0 Å². The van der Waals surface area contributed by atoms with Gasteiger partial charge >= 0.3 is 75.1 Å². The number of carboxylic acids is 1. The van der Waals surface area contributed by atoms with Crippen LogP contribution in [0, 0.1) is 0 Å². The molecule has 0 amide bonds. The van der Waals surface area contributed by atoms with E-state index in [0.29, 0.717) is 5.75 Å². The Balaban J connectivity index is 2.55. The predicted molar refractivity (Wildman–Crippen MR) is 49.6 cm³/mol. The van der Waals surface area contributed by atoms with Crippen LogP contribution in [0.15, 0.2) is 18.2 Å². The molecule has 4 heteroatoms. The van der Waals surface area contributed by atoms with Gasteiger partial charge in [0.05, 0.1) is 0 Å². The topological polar surface area (TPSA) is 46.5 Å². The van der Waals surface area contributed by atoms with E-state index >= 15 is 0 Å². The molecule has 1 aromatic carbocycles. The molecule has 0 radical (unpaired) electrons. The van der Waals surface area contributed by atoms with Crippen LogP contribution in [0.25, 0.3) is 0 Å².